The summed E-state index contributed by atoms with van der Waals surface area (Å²) >= 11 is 1.57. The average molecular weight is 415 g/mol. The number of para-hydroxylation sites is 2. The van der Waals surface area contributed by atoms with Gasteiger partial charge in [0, 0.05) is 56.8 Å². The van der Waals surface area contributed by atoms with E-state index in [0.717, 1.165) is 48.5 Å². The Morgan fingerprint density at radius 3 is 2.66 bits per heavy atom. The lowest BCUT2D eigenvalue weighted by molar-refractivity contribution is -0.126. The molecule has 2 aliphatic rings. The van der Waals surface area contributed by atoms with E-state index in [1.165, 1.54) is 0 Å². The van der Waals surface area contributed by atoms with Crippen LogP contribution < -0.4 is 20.3 Å². The fourth-order valence-electron chi connectivity index (χ4n) is 3.71. The molecule has 3 heterocycles. The molecule has 9 heteroatoms. The predicted molar refractivity (Wildman–Crippen MR) is 113 cm³/mol. The summed E-state index contributed by atoms with van der Waals surface area (Å²) in [5.74, 6) is 1.74. The van der Waals surface area contributed by atoms with Gasteiger partial charge in [-0.2, -0.15) is 0 Å². The van der Waals surface area contributed by atoms with E-state index >= 15 is 0 Å². The minimum absolute atomic E-state index is 0.0838. The van der Waals surface area contributed by atoms with Crippen LogP contribution in [-0.2, 0) is 4.79 Å². The molecule has 0 spiro atoms. The van der Waals surface area contributed by atoms with Crippen molar-refractivity contribution in [2.45, 2.75) is 23.9 Å². The van der Waals surface area contributed by atoms with Gasteiger partial charge in [0.05, 0.1) is 12.8 Å². The van der Waals surface area contributed by atoms with Crippen LogP contribution in [-0.4, -0.2) is 72.1 Å². The molecule has 0 aliphatic carbocycles. The molecule has 2 unspecified atom stereocenters. The third kappa shape index (κ3) is 4.98. The van der Waals surface area contributed by atoms with E-state index in [0.29, 0.717) is 6.42 Å². The summed E-state index contributed by atoms with van der Waals surface area (Å²) < 4.78 is 5.50. The van der Waals surface area contributed by atoms with Crippen molar-refractivity contribution >= 4 is 23.4 Å². The van der Waals surface area contributed by atoms with E-state index < -0.39 is 0 Å². The number of amides is 1. The van der Waals surface area contributed by atoms with E-state index in [-0.39, 0.29) is 18.2 Å². The second-order valence-corrected chi connectivity index (χ2v) is 8.06. The summed E-state index contributed by atoms with van der Waals surface area (Å²) in [7, 11) is 1.70. The van der Waals surface area contributed by atoms with E-state index in [4.69, 9.17) is 4.74 Å². The number of aromatic nitrogens is 2. The number of ether oxygens (including phenoxy) is 1. The Morgan fingerprint density at radius 1 is 1.14 bits per heavy atom. The first-order chi connectivity index (χ1) is 14.2. The van der Waals surface area contributed by atoms with E-state index in [1.807, 2.05) is 18.2 Å². The van der Waals surface area contributed by atoms with Crippen molar-refractivity contribution in [1.82, 2.24) is 25.5 Å². The molecule has 0 saturated carbocycles. The van der Waals surface area contributed by atoms with E-state index in [9.17, 15) is 4.79 Å². The zero-order chi connectivity index (χ0) is 20.1. The summed E-state index contributed by atoms with van der Waals surface area (Å²) in [4.78, 5) is 25.4. The zero-order valence-electron chi connectivity index (χ0n) is 16.5. The molecule has 29 heavy (non-hydrogen) atoms. The van der Waals surface area contributed by atoms with Gasteiger partial charge in [0.2, 0.25) is 5.91 Å². The van der Waals surface area contributed by atoms with Crippen molar-refractivity contribution in [1.29, 1.82) is 0 Å². The van der Waals surface area contributed by atoms with Crippen LogP contribution in [0.1, 0.15) is 6.42 Å². The van der Waals surface area contributed by atoms with Crippen molar-refractivity contribution in [2.24, 2.45) is 0 Å². The Morgan fingerprint density at radius 2 is 1.90 bits per heavy atom. The summed E-state index contributed by atoms with van der Waals surface area (Å²) in [6.45, 7) is 3.48. The first-order valence-electron chi connectivity index (χ1n) is 9.80. The maximum atomic E-state index is 12.3. The summed E-state index contributed by atoms with van der Waals surface area (Å²) in [6.07, 6.45) is 3.80. The number of benzene rings is 1. The minimum Gasteiger partial charge on any atom is -0.495 e. The zero-order valence-corrected chi connectivity index (χ0v) is 17.3. The molecule has 1 aromatic heterocycles. The van der Waals surface area contributed by atoms with Gasteiger partial charge in [-0.3, -0.25) is 15.0 Å². The van der Waals surface area contributed by atoms with Crippen molar-refractivity contribution in [3.05, 3.63) is 42.7 Å². The summed E-state index contributed by atoms with van der Waals surface area (Å²) in [6, 6.07) is 9.99. The Kier molecular flexibility index (Phi) is 6.48. The van der Waals surface area contributed by atoms with Crippen LogP contribution in [0.25, 0.3) is 0 Å². The summed E-state index contributed by atoms with van der Waals surface area (Å²) in [5, 5.41) is 7.40. The lowest BCUT2D eigenvalue weighted by Gasteiger charge is -2.43. The summed E-state index contributed by atoms with van der Waals surface area (Å²) in [5.41, 5.74) is 1.12. The largest absolute Gasteiger partial charge is 0.495 e. The topological polar surface area (TPSA) is 82.6 Å². The number of nitrogens with one attached hydrogen (secondary N) is 2. The Balaban J connectivity index is 1.32. The highest BCUT2D eigenvalue weighted by Gasteiger charge is 2.32. The number of hydrogen-bond donors (Lipinski definition) is 2. The van der Waals surface area contributed by atoms with Crippen molar-refractivity contribution < 1.29 is 9.53 Å². The lowest BCUT2D eigenvalue weighted by atomic mass is 10.1. The number of thioether (sulfide) groups is 1. The number of methoxy groups -OCH3 is 1. The Hall–Kier alpha value is -2.36. The molecular formula is C20H26N6O2S. The molecular weight excluding hydrogens is 388 g/mol. The van der Waals surface area contributed by atoms with Crippen LogP contribution in [0.4, 0.5) is 5.69 Å². The number of carbonyl (C=O) groups excluding carboxylic acids is 1. The van der Waals surface area contributed by atoms with Gasteiger partial charge in [-0.05, 0) is 18.2 Å². The highest BCUT2D eigenvalue weighted by molar-refractivity contribution is 7.99. The molecule has 2 N–H and O–H groups in total. The molecule has 4 rings (SSSR count). The van der Waals surface area contributed by atoms with Gasteiger partial charge < -0.3 is 15.0 Å². The first-order valence-corrected chi connectivity index (χ1v) is 10.8. The van der Waals surface area contributed by atoms with Crippen molar-refractivity contribution in [3.63, 3.8) is 0 Å². The fraction of sp³-hybridized carbons (Fsp3) is 0.450. The monoisotopic (exact) mass is 414 g/mol. The van der Waals surface area contributed by atoms with Gasteiger partial charge >= 0.3 is 0 Å². The molecule has 0 bridgehead atoms. The van der Waals surface area contributed by atoms with Crippen molar-refractivity contribution in [2.75, 3.05) is 43.9 Å². The smallest absolute Gasteiger partial charge is 0.223 e. The molecule has 2 aromatic rings. The number of nitrogens with zero attached hydrogens (tertiary/aromatic N) is 4. The molecule has 1 amide bonds. The second kappa shape index (κ2) is 9.43. The maximum absolute atomic E-state index is 12.3. The molecule has 0 radical (unpaired) electrons. The second-order valence-electron chi connectivity index (χ2n) is 7.08. The quantitative estimate of drug-likeness (QED) is 0.538. The predicted octanol–water partition coefficient (Wildman–Crippen LogP) is 1.16. The molecule has 154 valence electrons. The van der Waals surface area contributed by atoms with Crippen LogP contribution in [0.5, 0.6) is 5.75 Å². The molecule has 2 aliphatic heterocycles. The standard InChI is InChI=1S/C20H26N6O2S/c1-28-17-6-3-2-5-16(17)25-9-11-26(12-10-25)19-23-15(13-18(27)24-19)14-29-20-21-7-4-8-22-20/h2-8,15,19,23H,9-14H2,1H3,(H,24,27). The number of anilines is 1. The first kappa shape index (κ1) is 19.9. The Bertz CT molecular complexity index is 816. The SMILES string of the molecule is COc1ccccc1N1CCN(C2NC(=O)CC(CSc3ncccn3)N2)CC1. The normalized spacial score (nSPS) is 22.9. The lowest BCUT2D eigenvalue weighted by Crippen LogP contribution is -2.67. The molecule has 1 aromatic carbocycles. The number of carbonyl (C=O) groups is 1. The van der Waals surface area contributed by atoms with E-state index in [1.54, 1.807) is 37.3 Å². The fourth-order valence-corrected chi connectivity index (χ4v) is 4.55. The third-order valence-corrected chi connectivity index (χ3v) is 6.22. The van der Waals surface area contributed by atoms with Gasteiger partial charge in [-0.25, -0.2) is 9.97 Å². The number of hydrogen-bond acceptors (Lipinski definition) is 8. The van der Waals surface area contributed by atoms with Gasteiger partial charge in [-0.15, -0.1) is 0 Å². The molecule has 8 nitrogen and oxygen atoms in total. The van der Waals surface area contributed by atoms with E-state index in [2.05, 4.69) is 36.5 Å². The highest BCUT2D eigenvalue weighted by atomic mass is 32.2. The number of rotatable bonds is 6. The van der Waals surface area contributed by atoms with Gasteiger partial charge in [0.15, 0.2) is 5.16 Å². The maximum Gasteiger partial charge on any atom is 0.223 e. The van der Waals surface area contributed by atoms with Gasteiger partial charge in [0.25, 0.3) is 0 Å². The van der Waals surface area contributed by atoms with Crippen LogP contribution in [0, 0.1) is 0 Å². The van der Waals surface area contributed by atoms with Crippen LogP contribution in [0.2, 0.25) is 0 Å². The molecule has 2 atom stereocenters. The Labute approximate surface area is 175 Å². The minimum atomic E-state index is -0.140. The third-order valence-electron chi connectivity index (χ3n) is 5.18. The van der Waals surface area contributed by atoms with Crippen LogP contribution in [0.3, 0.4) is 0 Å². The number of piperazine rings is 1. The average Bonchev–Trinajstić information content (AvgIpc) is 2.78. The van der Waals surface area contributed by atoms with Crippen LogP contribution in [0.15, 0.2) is 47.9 Å². The van der Waals surface area contributed by atoms with Crippen LogP contribution >= 0.6 is 11.8 Å². The van der Waals surface area contributed by atoms with Gasteiger partial charge in [-0.1, -0.05) is 23.9 Å². The molecule has 2 fully saturated rings. The van der Waals surface area contributed by atoms with Crippen molar-refractivity contribution in [3.8, 4) is 5.75 Å². The highest BCUT2D eigenvalue weighted by Crippen LogP contribution is 2.28. The molecule has 2 saturated heterocycles. The van der Waals surface area contributed by atoms with Gasteiger partial charge in [0.1, 0.15) is 12.0 Å².